The predicted molar refractivity (Wildman–Crippen MR) is 61.5 cm³/mol. The summed E-state index contributed by atoms with van der Waals surface area (Å²) >= 11 is 0. The number of likely N-dealkylation sites (N-methyl/N-ethyl adjacent to an activating group) is 1. The van der Waals surface area contributed by atoms with Crippen LogP contribution >= 0.6 is 0 Å². The molecule has 0 radical (unpaired) electrons. The quantitative estimate of drug-likeness (QED) is 0.649. The summed E-state index contributed by atoms with van der Waals surface area (Å²) < 4.78 is 0. The Morgan fingerprint density at radius 3 is 2.81 bits per heavy atom. The molecule has 0 N–H and O–H groups in total. The molecule has 0 bridgehead atoms. The van der Waals surface area contributed by atoms with E-state index in [0.717, 1.165) is 6.42 Å². The Kier molecular flexibility index (Phi) is 4.36. The van der Waals surface area contributed by atoms with Gasteiger partial charge in [-0.05, 0) is 12.8 Å². The van der Waals surface area contributed by atoms with Crippen LogP contribution in [0.5, 0.6) is 0 Å². The third-order valence-corrected chi connectivity index (χ3v) is 2.86. The Bertz CT molecular complexity index is 319. The van der Waals surface area contributed by atoms with Crippen LogP contribution in [0.4, 0.5) is 0 Å². The monoisotopic (exact) mass is 222 g/mol. The summed E-state index contributed by atoms with van der Waals surface area (Å²) in [5, 5.41) is 0. The van der Waals surface area contributed by atoms with Crippen LogP contribution in [0.25, 0.3) is 0 Å². The summed E-state index contributed by atoms with van der Waals surface area (Å²) in [7, 11) is 1.67. The molecule has 1 heterocycles. The molecule has 0 aliphatic carbocycles. The number of hydrogen-bond donors (Lipinski definition) is 0. The minimum atomic E-state index is -0.339. The normalized spacial score (nSPS) is 17.1. The van der Waals surface area contributed by atoms with Gasteiger partial charge in [-0.1, -0.05) is 12.8 Å². The molecule has 0 spiro atoms. The van der Waals surface area contributed by atoms with Crippen molar-refractivity contribution >= 4 is 11.8 Å². The van der Waals surface area contributed by atoms with Crippen molar-refractivity contribution in [1.29, 1.82) is 0 Å². The fourth-order valence-corrected chi connectivity index (χ4v) is 2.00. The molecule has 1 aliphatic heterocycles. The molecule has 1 rings (SSSR count). The first-order valence-corrected chi connectivity index (χ1v) is 5.59. The van der Waals surface area contributed by atoms with Gasteiger partial charge in [0, 0.05) is 20.0 Å². The van der Waals surface area contributed by atoms with Crippen molar-refractivity contribution in [1.82, 2.24) is 9.80 Å². The largest absolute Gasteiger partial charge is 0.333 e. The Morgan fingerprint density at radius 1 is 1.69 bits per heavy atom. The fourth-order valence-electron chi connectivity index (χ4n) is 2.00. The first-order valence-electron chi connectivity index (χ1n) is 5.59. The van der Waals surface area contributed by atoms with E-state index >= 15 is 0 Å². The zero-order valence-electron chi connectivity index (χ0n) is 9.90. The number of likely N-dealkylation sites (tertiary alicyclic amines) is 1. The van der Waals surface area contributed by atoms with Crippen LogP contribution in [0.1, 0.15) is 26.2 Å². The molecule has 2 amide bonds. The molecule has 1 aliphatic rings. The highest BCUT2D eigenvalue weighted by Crippen LogP contribution is 2.17. The van der Waals surface area contributed by atoms with Gasteiger partial charge in [0.1, 0.15) is 6.04 Å². The molecule has 16 heavy (non-hydrogen) atoms. The highest BCUT2D eigenvalue weighted by atomic mass is 16.2. The molecular formula is C12H18N2O2. The highest BCUT2D eigenvalue weighted by Gasteiger charge is 2.32. The zero-order chi connectivity index (χ0) is 12.1. The van der Waals surface area contributed by atoms with Crippen LogP contribution < -0.4 is 0 Å². The van der Waals surface area contributed by atoms with E-state index in [1.807, 2.05) is 6.92 Å². The summed E-state index contributed by atoms with van der Waals surface area (Å²) in [6.45, 7) is 2.89. The first-order chi connectivity index (χ1) is 7.61. The zero-order valence-corrected chi connectivity index (χ0v) is 9.90. The number of amides is 2. The average molecular weight is 222 g/mol. The second-order valence-corrected chi connectivity index (χ2v) is 4.01. The minimum Gasteiger partial charge on any atom is -0.333 e. The second kappa shape index (κ2) is 5.55. The van der Waals surface area contributed by atoms with Gasteiger partial charge in [0.15, 0.2) is 0 Å². The molecule has 88 valence electrons. The van der Waals surface area contributed by atoms with E-state index in [1.54, 1.807) is 11.9 Å². The lowest BCUT2D eigenvalue weighted by Gasteiger charge is -2.29. The number of nitrogens with zero attached hydrogens (tertiary/aromatic N) is 2. The molecule has 0 unspecified atom stereocenters. The van der Waals surface area contributed by atoms with Gasteiger partial charge in [0.25, 0.3) is 0 Å². The number of hydrogen-bond acceptors (Lipinski definition) is 2. The standard InChI is InChI=1S/C12H18N2O2/c1-4-8-13(3)12(16)10(5-2)14-9-6-7-11(14)15/h1,10H,5-9H2,2-3H3/t10-/m0/s1. The van der Waals surface area contributed by atoms with Gasteiger partial charge in [0.2, 0.25) is 11.8 Å². The lowest BCUT2D eigenvalue weighted by molar-refractivity contribution is -0.142. The lowest BCUT2D eigenvalue weighted by Crippen LogP contribution is -2.47. The Balaban J connectivity index is 2.70. The maximum Gasteiger partial charge on any atom is 0.245 e. The van der Waals surface area contributed by atoms with Gasteiger partial charge >= 0.3 is 0 Å². The van der Waals surface area contributed by atoms with Crippen LogP contribution in [0.15, 0.2) is 0 Å². The molecule has 1 atom stereocenters. The summed E-state index contributed by atoms with van der Waals surface area (Å²) in [4.78, 5) is 26.8. The molecule has 4 nitrogen and oxygen atoms in total. The number of carbonyl (C=O) groups is 2. The van der Waals surface area contributed by atoms with E-state index in [1.165, 1.54) is 4.90 Å². The van der Waals surface area contributed by atoms with Crippen molar-refractivity contribution in [3.8, 4) is 12.3 Å². The number of carbonyl (C=O) groups excluding carboxylic acids is 2. The van der Waals surface area contributed by atoms with Crippen molar-refractivity contribution in [2.45, 2.75) is 32.2 Å². The van der Waals surface area contributed by atoms with Gasteiger partial charge in [-0.25, -0.2) is 0 Å². The third kappa shape index (κ3) is 2.54. The van der Waals surface area contributed by atoms with Gasteiger partial charge in [0.05, 0.1) is 6.54 Å². The van der Waals surface area contributed by atoms with Gasteiger partial charge in [-0.2, -0.15) is 0 Å². The van der Waals surface area contributed by atoms with Crippen LogP contribution in [0.2, 0.25) is 0 Å². The number of terminal acetylenes is 1. The van der Waals surface area contributed by atoms with Crippen molar-refractivity contribution < 1.29 is 9.59 Å². The molecule has 1 fully saturated rings. The van der Waals surface area contributed by atoms with E-state index in [4.69, 9.17) is 6.42 Å². The van der Waals surface area contributed by atoms with Crippen molar-refractivity contribution in [2.75, 3.05) is 20.1 Å². The highest BCUT2D eigenvalue weighted by molar-refractivity contribution is 5.88. The maximum absolute atomic E-state index is 12.0. The Hall–Kier alpha value is -1.50. The average Bonchev–Trinajstić information content (AvgIpc) is 2.66. The van der Waals surface area contributed by atoms with Crippen LogP contribution in [0, 0.1) is 12.3 Å². The Morgan fingerprint density at radius 2 is 2.38 bits per heavy atom. The van der Waals surface area contributed by atoms with Crippen LogP contribution in [-0.4, -0.2) is 47.8 Å². The SMILES string of the molecule is C#CCN(C)C(=O)[C@H](CC)N1CCCC1=O. The van der Waals surface area contributed by atoms with E-state index in [0.29, 0.717) is 19.4 Å². The van der Waals surface area contributed by atoms with Crippen LogP contribution in [-0.2, 0) is 9.59 Å². The molecule has 0 saturated carbocycles. The minimum absolute atomic E-state index is 0.0595. The van der Waals surface area contributed by atoms with E-state index in [2.05, 4.69) is 5.92 Å². The molecule has 0 aromatic rings. The Labute approximate surface area is 96.6 Å². The molecule has 0 aromatic heterocycles. The molecule has 4 heteroatoms. The van der Waals surface area contributed by atoms with Gasteiger partial charge in [-0.3, -0.25) is 9.59 Å². The van der Waals surface area contributed by atoms with Gasteiger partial charge in [-0.15, -0.1) is 6.42 Å². The van der Waals surface area contributed by atoms with Crippen molar-refractivity contribution in [2.24, 2.45) is 0 Å². The van der Waals surface area contributed by atoms with Crippen molar-refractivity contribution in [3.63, 3.8) is 0 Å². The van der Waals surface area contributed by atoms with E-state index < -0.39 is 0 Å². The first kappa shape index (κ1) is 12.6. The van der Waals surface area contributed by atoms with Crippen LogP contribution in [0.3, 0.4) is 0 Å². The van der Waals surface area contributed by atoms with E-state index in [-0.39, 0.29) is 24.4 Å². The van der Waals surface area contributed by atoms with Crippen molar-refractivity contribution in [3.05, 3.63) is 0 Å². The lowest BCUT2D eigenvalue weighted by atomic mass is 10.1. The fraction of sp³-hybridized carbons (Fsp3) is 0.667. The number of rotatable bonds is 4. The third-order valence-electron chi connectivity index (χ3n) is 2.86. The summed E-state index contributed by atoms with van der Waals surface area (Å²) in [5.41, 5.74) is 0. The van der Waals surface area contributed by atoms with E-state index in [9.17, 15) is 9.59 Å². The predicted octanol–water partition coefficient (Wildman–Crippen LogP) is 0.479. The molecule has 0 aromatic carbocycles. The second-order valence-electron chi connectivity index (χ2n) is 4.01. The molecule has 1 saturated heterocycles. The smallest absolute Gasteiger partial charge is 0.245 e. The summed E-state index contributed by atoms with van der Waals surface area (Å²) in [6.07, 6.45) is 7.21. The maximum atomic E-state index is 12.0. The van der Waals surface area contributed by atoms with Gasteiger partial charge < -0.3 is 9.80 Å². The summed E-state index contributed by atoms with van der Waals surface area (Å²) in [5.74, 6) is 2.45. The topological polar surface area (TPSA) is 40.6 Å². The summed E-state index contributed by atoms with van der Waals surface area (Å²) in [6, 6.07) is -0.339. The molecular weight excluding hydrogens is 204 g/mol.